The maximum absolute atomic E-state index is 5.73. The molecule has 1 aromatic heterocycles. The van der Waals surface area contributed by atoms with Crippen LogP contribution in [0.15, 0.2) is 51.4 Å². The lowest BCUT2D eigenvalue weighted by Gasteiger charge is -1.95. The molecule has 94 valence electrons. The van der Waals surface area contributed by atoms with Crippen LogP contribution in [-0.2, 0) is 0 Å². The van der Waals surface area contributed by atoms with E-state index in [1.54, 1.807) is 0 Å². The number of fused-ring (bicyclic) bond motifs is 1. The van der Waals surface area contributed by atoms with Crippen LogP contribution in [0.25, 0.3) is 22.6 Å². The van der Waals surface area contributed by atoms with Crippen molar-refractivity contribution in [3.63, 3.8) is 0 Å². The van der Waals surface area contributed by atoms with Crippen LogP contribution < -0.4 is 5.73 Å². The van der Waals surface area contributed by atoms with Gasteiger partial charge >= 0.3 is 0 Å². The minimum Gasteiger partial charge on any atom is -0.436 e. The molecule has 0 bridgehead atoms. The van der Waals surface area contributed by atoms with Crippen molar-refractivity contribution in [1.29, 1.82) is 0 Å². The summed E-state index contributed by atoms with van der Waals surface area (Å²) in [6.45, 7) is 0. The van der Waals surface area contributed by atoms with Gasteiger partial charge in [0.25, 0.3) is 0 Å². The summed E-state index contributed by atoms with van der Waals surface area (Å²) < 4.78 is 6.71. The van der Waals surface area contributed by atoms with Gasteiger partial charge in [-0.3, -0.25) is 0 Å². The summed E-state index contributed by atoms with van der Waals surface area (Å²) in [6, 6.07) is 13.3. The largest absolute Gasteiger partial charge is 0.436 e. The van der Waals surface area contributed by atoms with E-state index in [1.807, 2.05) is 42.5 Å². The number of hydrogen-bond acceptors (Lipinski definition) is 3. The highest BCUT2D eigenvalue weighted by Crippen LogP contribution is 2.26. The number of oxazole rings is 1. The van der Waals surface area contributed by atoms with E-state index in [4.69, 9.17) is 22.4 Å². The number of nitrogens with zero attached hydrogens (tertiary/aromatic N) is 1. The number of aromatic nitrogens is 1. The molecule has 0 saturated carbocycles. The molecule has 3 rings (SSSR count). The van der Waals surface area contributed by atoms with E-state index in [0.717, 1.165) is 26.7 Å². The average Bonchev–Trinajstić information content (AvgIpc) is 2.81. The van der Waals surface area contributed by atoms with Crippen molar-refractivity contribution < 1.29 is 4.42 Å². The highest BCUT2D eigenvalue weighted by atomic mass is 79.9. The van der Waals surface area contributed by atoms with E-state index < -0.39 is 0 Å². The maximum Gasteiger partial charge on any atom is 0.227 e. The van der Waals surface area contributed by atoms with E-state index in [-0.39, 0.29) is 0 Å². The fourth-order valence-electron chi connectivity index (χ4n) is 1.83. The molecule has 19 heavy (non-hydrogen) atoms. The van der Waals surface area contributed by atoms with Gasteiger partial charge in [-0.05, 0) is 36.4 Å². The van der Waals surface area contributed by atoms with Gasteiger partial charge in [0.05, 0.1) is 0 Å². The molecule has 1 heterocycles. The normalized spacial score (nSPS) is 10.8. The number of benzene rings is 2. The first kappa shape index (κ1) is 12.3. The van der Waals surface area contributed by atoms with Crippen molar-refractivity contribution in [2.75, 3.05) is 0 Å². The van der Waals surface area contributed by atoms with Crippen molar-refractivity contribution >= 4 is 44.2 Å². The lowest BCUT2D eigenvalue weighted by Crippen LogP contribution is -2.08. The van der Waals surface area contributed by atoms with E-state index in [2.05, 4.69) is 20.9 Å². The highest BCUT2D eigenvalue weighted by Gasteiger charge is 2.09. The molecule has 0 unspecified atom stereocenters. The third-order valence-electron chi connectivity index (χ3n) is 2.74. The Morgan fingerprint density at radius 2 is 2.05 bits per heavy atom. The predicted molar refractivity (Wildman–Crippen MR) is 83.0 cm³/mol. The molecule has 0 aliphatic rings. The summed E-state index contributed by atoms with van der Waals surface area (Å²) in [5.41, 5.74) is 8.78. The van der Waals surface area contributed by atoms with Crippen molar-refractivity contribution in [3.05, 3.63) is 52.5 Å². The Kier molecular flexibility index (Phi) is 3.08. The zero-order chi connectivity index (χ0) is 13.4. The van der Waals surface area contributed by atoms with E-state index in [1.165, 1.54) is 0 Å². The van der Waals surface area contributed by atoms with Crippen molar-refractivity contribution in [2.24, 2.45) is 5.73 Å². The van der Waals surface area contributed by atoms with Crippen LogP contribution in [-0.4, -0.2) is 9.97 Å². The van der Waals surface area contributed by atoms with Crippen molar-refractivity contribution in [3.8, 4) is 11.5 Å². The fourth-order valence-corrected chi connectivity index (χ4v) is 2.35. The smallest absolute Gasteiger partial charge is 0.227 e. The predicted octanol–water partition coefficient (Wildman–Crippen LogP) is 3.89. The van der Waals surface area contributed by atoms with Crippen LogP contribution in [0.5, 0.6) is 0 Å². The molecule has 2 aromatic carbocycles. The molecule has 3 aromatic rings. The Morgan fingerprint density at radius 1 is 1.21 bits per heavy atom. The first-order chi connectivity index (χ1) is 9.13. The van der Waals surface area contributed by atoms with Gasteiger partial charge in [0.1, 0.15) is 10.5 Å². The van der Waals surface area contributed by atoms with Gasteiger partial charge in [0.2, 0.25) is 5.89 Å². The van der Waals surface area contributed by atoms with Crippen LogP contribution >= 0.6 is 28.1 Å². The van der Waals surface area contributed by atoms with E-state index >= 15 is 0 Å². The van der Waals surface area contributed by atoms with Gasteiger partial charge in [-0.15, -0.1) is 0 Å². The van der Waals surface area contributed by atoms with E-state index in [9.17, 15) is 0 Å². The van der Waals surface area contributed by atoms with Crippen LogP contribution in [0.3, 0.4) is 0 Å². The minimum atomic E-state index is 0.355. The summed E-state index contributed by atoms with van der Waals surface area (Å²) in [5, 5.41) is 0. The van der Waals surface area contributed by atoms with Gasteiger partial charge in [-0.2, -0.15) is 0 Å². The molecule has 0 aliphatic carbocycles. The molecule has 0 fully saturated rings. The second-order valence-corrected chi connectivity index (χ2v) is 5.43. The molecule has 2 N–H and O–H groups in total. The third kappa shape index (κ3) is 2.39. The Hall–Kier alpha value is -1.72. The summed E-state index contributed by atoms with van der Waals surface area (Å²) in [5.74, 6) is 0.580. The first-order valence-corrected chi connectivity index (χ1v) is 6.80. The standard InChI is InChI=1S/C14H9BrN2OS/c15-10-3-1-2-9(6-10)14-17-11-7-8(13(16)19)4-5-12(11)18-14/h1-7H,(H2,16,19). The number of halogens is 1. The zero-order valence-corrected chi connectivity index (χ0v) is 12.2. The fraction of sp³-hybridized carbons (Fsp3) is 0. The number of hydrogen-bond donors (Lipinski definition) is 1. The second-order valence-electron chi connectivity index (χ2n) is 4.08. The molecule has 3 nitrogen and oxygen atoms in total. The second kappa shape index (κ2) is 4.75. The van der Waals surface area contributed by atoms with Gasteiger partial charge in [-0.25, -0.2) is 4.98 Å². The number of rotatable bonds is 2. The van der Waals surface area contributed by atoms with Gasteiger partial charge in [0, 0.05) is 15.6 Å². The molecule has 0 atom stereocenters. The number of nitrogens with two attached hydrogens (primary N) is 1. The van der Waals surface area contributed by atoms with Crippen LogP contribution in [0, 0.1) is 0 Å². The van der Waals surface area contributed by atoms with Crippen LogP contribution in [0.1, 0.15) is 5.56 Å². The van der Waals surface area contributed by atoms with Crippen molar-refractivity contribution in [2.45, 2.75) is 0 Å². The maximum atomic E-state index is 5.73. The lowest BCUT2D eigenvalue weighted by molar-refractivity contribution is 0.620. The molecule has 0 amide bonds. The average molecular weight is 333 g/mol. The molecule has 5 heteroatoms. The van der Waals surface area contributed by atoms with Gasteiger partial charge in [-0.1, -0.05) is 34.2 Å². The Bertz CT molecular complexity index is 782. The number of thiocarbonyl (C=S) groups is 1. The lowest BCUT2D eigenvalue weighted by atomic mass is 10.2. The van der Waals surface area contributed by atoms with Gasteiger partial charge in [0.15, 0.2) is 5.58 Å². The summed E-state index contributed by atoms with van der Waals surface area (Å²) in [7, 11) is 0. The minimum absolute atomic E-state index is 0.355. The molecule has 0 spiro atoms. The van der Waals surface area contributed by atoms with Gasteiger partial charge < -0.3 is 10.2 Å². The van der Waals surface area contributed by atoms with Crippen LogP contribution in [0.2, 0.25) is 0 Å². The highest BCUT2D eigenvalue weighted by molar-refractivity contribution is 9.10. The SMILES string of the molecule is NC(=S)c1ccc2oc(-c3cccc(Br)c3)nc2c1. The molecule has 0 saturated heterocycles. The molecule has 0 aliphatic heterocycles. The Morgan fingerprint density at radius 3 is 2.79 bits per heavy atom. The summed E-state index contributed by atoms with van der Waals surface area (Å²) in [6.07, 6.45) is 0. The zero-order valence-electron chi connectivity index (χ0n) is 9.76. The molecule has 0 radical (unpaired) electrons. The Labute approximate surface area is 123 Å². The third-order valence-corrected chi connectivity index (χ3v) is 3.47. The summed E-state index contributed by atoms with van der Waals surface area (Å²) >= 11 is 8.39. The molecular formula is C14H9BrN2OS. The Balaban J connectivity index is 2.14. The quantitative estimate of drug-likeness (QED) is 0.723. The van der Waals surface area contributed by atoms with Crippen molar-refractivity contribution in [1.82, 2.24) is 4.98 Å². The first-order valence-electron chi connectivity index (χ1n) is 5.60. The monoisotopic (exact) mass is 332 g/mol. The molecular weight excluding hydrogens is 324 g/mol. The summed E-state index contributed by atoms with van der Waals surface area (Å²) in [4.78, 5) is 4.82. The van der Waals surface area contributed by atoms with Crippen LogP contribution in [0.4, 0.5) is 0 Å². The topological polar surface area (TPSA) is 52.0 Å². The van der Waals surface area contributed by atoms with E-state index in [0.29, 0.717) is 10.9 Å².